The van der Waals surface area contributed by atoms with Gasteiger partial charge in [-0.3, -0.25) is 4.98 Å². The molecule has 0 aliphatic carbocycles. The molecule has 19 heavy (non-hydrogen) atoms. The topological polar surface area (TPSA) is 63.8 Å². The number of nitrogens with zero attached hydrogens (tertiary/aromatic N) is 3. The molecule has 1 saturated heterocycles. The van der Waals surface area contributed by atoms with Crippen LogP contribution in [0.25, 0.3) is 0 Å². The number of piperidine rings is 1. The molecule has 0 bridgehead atoms. The highest BCUT2D eigenvalue weighted by molar-refractivity contribution is 5.11. The van der Waals surface area contributed by atoms with Crippen LogP contribution in [0.2, 0.25) is 0 Å². The number of pyridine rings is 1. The molecule has 0 saturated carbocycles. The lowest BCUT2D eigenvalue weighted by Gasteiger charge is -2.31. The van der Waals surface area contributed by atoms with E-state index in [-0.39, 0.29) is 5.54 Å². The monoisotopic (exact) mass is 258 g/mol. The van der Waals surface area contributed by atoms with E-state index >= 15 is 0 Å². The maximum atomic E-state index is 5.43. The normalized spacial score (nSPS) is 23.4. The number of hydrogen-bond donors (Lipinski definition) is 1. The molecule has 1 N–H and O–H groups in total. The fraction of sp³-hybridized carbons (Fsp3) is 0.500. The van der Waals surface area contributed by atoms with Crippen LogP contribution in [0.5, 0.6) is 0 Å². The van der Waals surface area contributed by atoms with Crippen molar-refractivity contribution in [1.29, 1.82) is 0 Å². The van der Waals surface area contributed by atoms with Gasteiger partial charge in [-0.1, -0.05) is 11.2 Å². The molecular weight excluding hydrogens is 240 g/mol. The Kier molecular flexibility index (Phi) is 3.29. The third-order valence-electron chi connectivity index (χ3n) is 3.62. The molecule has 3 rings (SSSR count). The predicted molar refractivity (Wildman–Crippen MR) is 70.5 cm³/mol. The zero-order chi connectivity index (χ0) is 13.1. The van der Waals surface area contributed by atoms with E-state index in [1.54, 1.807) is 6.20 Å². The first-order valence-corrected chi connectivity index (χ1v) is 6.74. The Morgan fingerprint density at radius 3 is 3.05 bits per heavy atom. The second kappa shape index (κ2) is 5.09. The molecule has 0 aromatic carbocycles. The summed E-state index contributed by atoms with van der Waals surface area (Å²) in [7, 11) is 0. The van der Waals surface area contributed by atoms with Gasteiger partial charge < -0.3 is 9.84 Å². The van der Waals surface area contributed by atoms with Crippen LogP contribution >= 0.6 is 0 Å². The first-order valence-electron chi connectivity index (χ1n) is 6.74. The number of aromatic nitrogens is 3. The van der Waals surface area contributed by atoms with Crippen molar-refractivity contribution in [3.8, 4) is 0 Å². The molecule has 1 fully saturated rings. The van der Waals surface area contributed by atoms with E-state index in [1.807, 2.05) is 18.2 Å². The van der Waals surface area contributed by atoms with E-state index in [0.717, 1.165) is 18.7 Å². The Bertz CT molecular complexity index is 531. The van der Waals surface area contributed by atoms with E-state index in [1.165, 1.54) is 12.8 Å². The molecule has 0 spiro atoms. The highest BCUT2D eigenvalue weighted by Gasteiger charge is 2.34. The molecule has 1 unspecified atom stereocenters. The summed E-state index contributed by atoms with van der Waals surface area (Å²) in [6, 6.07) is 5.84. The van der Waals surface area contributed by atoms with Gasteiger partial charge in [-0.05, 0) is 44.9 Å². The van der Waals surface area contributed by atoms with Crippen molar-refractivity contribution in [1.82, 2.24) is 20.4 Å². The fourth-order valence-corrected chi connectivity index (χ4v) is 2.45. The number of rotatable bonds is 3. The van der Waals surface area contributed by atoms with Gasteiger partial charge >= 0.3 is 0 Å². The third kappa shape index (κ3) is 2.66. The lowest BCUT2D eigenvalue weighted by molar-refractivity contribution is 0.206. The molecule has 1 aliphatic heterocycles. The molecule has 1 atom stereocenters. The average Bonchev–Trinajstić information content (AvgIpc) is 2.90. The maximum absolute atomic E-state index is 5.43. The van der Waals surface area contributed by atoms with E-state index in [0.29, 0.717) is 18.1 Å². The van der Waals surface area contributed by atoms with Crippen LogP contribution in [0, 0.1) is 0 Å². The molecule has 2 aromatic heterocycles. The van der Waals surface area contributed by atoms with Crippen molar-refractivity contribution < 1.29 is 4.52 Å². The second-order valence-corrected chi connectivity index (χ2v) is 5.23. The fourth-order valence-electron chi connectivity index (χ4n) is 2.45. The summed E-state index contributed by atoms with van der Waals surface area (Å²) in [4.78, 5) is 8.80. The van der Waals surface area contributed by atoms with Crippen molar-refractivity contribution in [3.63, 3.8) is 0 Å². The molecule has 100 valence electrons. The largest absolute Gasteiger partial charge is 0.337 e. The zero-order valence-corrected chi connectivity index (χ0v) is 11.1. The summed E-state index contributed by atoms with van der Waals surface area (Å²) in [6.45, 7) is 3.14. The average molecular weight is 258 g/mol. The first kappa shape index (κ1) is 12.3. The Labute approximate surface area is 112 Å². The van der Waals surface area contributed by atoms with Crippen molar-refractivity contribution in [2.24, 2.45) is 0 Å². The van der Waals surface area contributed by atoms with Crippen LogP contribution in [-0.2, 0) is 12.0 Å². The molecule has 3 heterocycles. The summed E-state index contributed by atoms with van der Waals surface area (Å²) < 4.78 is 5.43. The summed E-state index contributed by atoms with van der Waals surface area (Å²) in [5.74, 6) is 1.39. The van der Waals surface area contributed by atoms with Gasteiger partial charge in [-0.15, -0.1) is 0 Å². The summed E-state index contributed by atoms with van der Waals surface area (Å²) >= 11 is 0. The van der Waals surface area contributed by atoms with E-state index in [4.69, 9.17) is 4.52 Å². The molecule has 5 nitrogen and oxygen atoms in total. The van der Waals surface area contributed by atoms with Gasteiger partial charge in [0.05, 0.1) is 12.0 Å². The van der Waals surface area contributed by atoms with E-state index in [9.17, 15) is 0 Å². The smallest absolute Gasteiger partial charge is 0.246 e. The van der Waals surface area contributed by atoms with Crippen LogP contribution in [0.3, 0.4) is 0 Å². The standard InChI is InChI=1S/C14H18N4O/c1-14(7-3-5-9-16-14)13-17-12(18-19-13)10-11-6-2-4-8-15-11/h2,4,6,8,16H,3,5,7,9-10H2,1H3. The minimum atomic E-state index is -0.173. The lowest BCUT2D eigenvalue weighted by atomic mass is 9.91. The van der Waals surface area contributed by atoms with E-state index < -0.39 is 0 Å². The molecule has 0 amide bonds. The summed E-state index contributed by atoms with van der Waals surface area (Å²) in [6.07, 6.45) is 5.84. The van der Waals surface area contributed by atoms with Crippen molar-refractivity contribution in [2.45, 2.75) is 38.1 Å². The summed E-state index contributed by atoms with van der Waals surface area (Å²) in [5.41, 5.74) is 0.782. The third-order valence-corrected chi connectivity index (χ3v) is 3.62. The minimum absolute atomic E-state index is 0.173. The Morgan fingerprint density at radius 2 is 2.32 bits per heavy atom. The van der Waals surface area contributed by atoms with Crippen LogP contribution in [0.1, 0.15) is 43.6 Å². The van der Waals surface area contributed by atoms with Crippen LogP contribution < -0.4 is 5.32 Å². The van der Waals surface area contributed by atoms with E-state index in [2.05, 4.69) is 27.4 Å². The van der Waals surface area contributed by atoms with Gasteiger partial charge in [0.25, 0.3) is 0 Å². The van der Waals surface area contributed by atoms with Crippen LogP contribution in [0.15, 0.2) is 28.9 Å². The minimum Gasteiger partial charge on any atom is -0.337 e. The van der Waals surface area contributed by atoms with Gasteiger partial charge in [0.2, 0.25) is 5.89 Å². The Balaban J connectivity index is 1.76. The Morgan fingerprint density at radius 1 is 1.37 bits per heavy atom. The van der Waals surface area contributed by atoms with Crippen molar-refractivity contribution >= 4 is 0 Å². The Hall–Kier alpha value is -1.75. The van der Waals surface area contributed by atoms with Crippen LogP contribution in [0.4, 0.5) is 0 Å². The van der Waals surface area contributed by atoms with Gasteiger partial charge in [-0.2, -0.15) is 4.98 Å². The van der Waals surface area contributed by atoms with Gasteiger partial charge in [0, 0.05) is 11.9 Å². The molecular formula is C14H18N4O. The van der Waals surface area contributed by atoms with Gasteiger partial charge in [0.15, 0.2) is 5.82 Å². The number of nitrogens with one attached hydrogen (secondary N) is 1. The molecule has 0 radical (unpaired) electrons. The quantitative estimate of drug-likeness (QED) is 0.912. The second-order valence-electron chi connectivity index (χ2n) is 5.23. The van der Waals surface area contributed by atoms with Crippen molar-refractivity contribution in [3.05, 3.63) is 41.8 Å². The highest BCUT2D eigenvalue weighted by Crippen LogP contribution is 2.28. The van der Waals surface area contributed by atoms with Gasteiger partial charge in [-0.25, -0.2) is 0 Å². The molecule has 1 aliphatic rings. The van der Waals surface area contributed by atoms with Gasteiger partial charge in [0.1, 0.15) is 0 Å². The summed E-state index contributed by atoms with van der Waals surface area (Å²) in [5, 5.41) is 7.54. The number of hydrogen-bond acceptors (Lipinski definition) is 5. The first-order chi connectivity index (χ1) is 9.26. The molecule has 5 heteroatoms. The van der Waals surface area contributed by atoms with Crippen LogP contribution in [-0.4, -0.2) is 21.7 Å². The van der Waals surface area contributed by atoms with Crippen molar-refractivity contribution in [2.75, 3.05) is 6.54 Å². The highest BCUT2D eigenvalue weighted by atomic mass is 16.5. The molecule has 2 aromatic rings. The predicted octanol–water partition coefficient (Wildman–Crippen LogP) is 2.04. The maximum Gasteiger partial charge on any atom is 0.246 e. The zero-order valence-electron chi connectivity index (χ0n) is 11.1. The SMILES string of the molecule is CC1(c2nc(Cc3ccccn3)no2)CCCCN1. The lowest BCUT2D eigenvalue weighted by Crippen LogP contribution is -2.43.